The first kappa shape index (κ1) is 23.8. The zero-order valence-electron chi connectivity index (χ0n) is 17.5. The van der Waals surface area contributed by atoms with Gasteiger partial charge in [-0.15, -0.1) is 0 Å². The largest absolute Gasteiger partial charge is 0.481 e. The van der Waals surface area contributed by atoms with Crippen LogP contribution >= 0.6 is 12.2 Å². The molecule has 0 unspecified atom stereocenters. The van der Waals surface area contributed by atoms with E-state index in [0.717, 1.165) is 38.6 Å². The summed E-state index contributed by atoms with van der Waals surface area (Å²) in [4.78, 5) is 23.4. The van der Waals surface area contributed by atoms with Crippen LogP contribution in [-0.2, 0) is 14.3 Å². The molecule has 0 saturated carbocycles. The molecule has 2 heterocycles. The molecule has 2 bridgehead atoms. The molecular formula is C22H36N2O4S. The Hall–Kier alpha value is -1.47. The number of allylic oxidation sites excluding steroid dienone is 2. The standard InChI is InChI=1S/C22H36N2O4S/c1-2-3-8-13-23-21(29)14-20(25)24-15-17-16(18-11-12-19(17)28-18)9-6-4-5-7-10-22(26)27/h4,6,16-19H,2-3,5,7-15H2,1H3,(H,23,29)(H,24,25)(H,26,27)/b6-4-/t16-,17+,18-,19+/m1/s1. The normalized spacial score (nSPS) is 25.4. The molecular weight excluding hydrogens is 388 g/mol. The third kappa shape index (κ3) is 8.42. The Morgan fingerprint density at radius 3 is 2.59 bits per heavy atom. The number of fused-ring (bicyclic) bond motifs is 2. The van der Waals surface area contributed by atoms with Crippen molar-refractivity contribution in [1.82, 2.24) is 10.6 Å². The number of carbonyl (C=O) groups is 2. The number of ether oxygens (including phenoxy) is 1. The number of hydrogen-bond acceptors (Lipinski definition) is 4. The molecule has 0 spiro atoms. The van der Waals surface area contributed by atoms with Crippen LogP contribution in [0.5, 0.6) is 0 Å². The summed E-state index contributed by atoms with van der Waals surface area (Å²) >= 11 is 5.27. The summed E-state index contributed by atoms with van der Waals surface area (Å²) < 4.78 is 6.10. The van der Waals surface area contributed by atoms with Crippen molar-refractivity contribution < 1.29 is 19.4 Å². The Bertz CT molecular complexity index is 581. The van der Waals surface area contributed by atoms with Gasteiger partial charge in [0.05, 0.1) is 23.6 Å². The van der Waals surface area contributed by atoms with Crippen molar-refractivity contribution >= 4 is 29.1 Å². The van der Waals surface area contributed by atoms with Crippen LogP contribution in [0.15, 0.2) is 12.2 Å². The number of aliphatic carboxylic acids is 1. The van der Waals surface area contributed by atoms with Crippen LogP contribution in [0.1, 0.15) is 71.1 Å². The number of carboxylic acid groups (broad SMARTS) is 1. The fourth-order valence-corrected chi connectivity index (χ4v) is 4.56. The van der Waals surface area contributed by atoms with Crippen LogP contribution in [0.3, 0.4) is 0 Å². The molecule has 2 fully saturated rings. The number of amides is 1. The number of carbonyl (C=O) groups excluding carboxylic acids is 1. The molecule has 7 heteroatoms. The number of thiocarbonyl (C=S) groups is 1. The molecule has 4 atom stereocenters. The van der Waals surface area contributed by atoms with Crippen LogP contribution in [0.2, 0.25) is 0 Å². The van der Waals surface area contributed by atoms with E-state index < -0.39 is 5.97 Å². The molecule has 0 radical (unpaired) electrons. The molecule has 2 aliphatic rings. The first-order valence-electron chi connectivity index (χ1n) is 11.1. The minimum Gasteiger partial charge on any atom is -0.481 e. The van der Waals surface area contributed by atoms with Gasteiger partial charge in [0, 0.05) is 25.4 Å². The van der Waals surface area contributed by atoms with Gasteiger partial charge in [0.2, 0.25) is 5.91 Å². The highest BCUT2D eigenvalue weighted by molar-refractivity contribution is 7.80. The lowest BCUT2D eigenvalue weighted by molar-refractivity contribution is -0.137. The minimum atomic E-state index is -0.744. The summed E-state index contributed by atoms with van der Waals surface area (Å²) in [7, 11) is 0. The van der Waals surface area contributed by atoms with Gasteiger partial charge in [-0.1, -0.05) is 44.1 Å². The van der Waals surface area contributed by atoms with E-state index >= 15 is 0 Å². The monoisotopic (exact) mass is 424 g/mol. The van der Waals surface area contributed by atoms with Gasteiger partial charge in [0.25, 0.3) is 0 Å². The molecule has 2 saturated heterocycles. The van der Waals surface area contributed by atoms with Crippen molar-refractivity contribution in [3.8, 4) is 0 Å². The maximum atomic E-state index is 12.3. The third-order valence-corrected chi connectivity index (χ3v) is 6.17. The minimum absolute atomic E-state index is 0.0243. The summed E-state index contributed by atoms with van der Waals surface area (Å²) in [6.45, 7) is 3.63. The van der Waals surface area contributed by atoms with Gasteiger partial charge < -0.3 is 20.5 Å². The lowest BCUT2D eigenvalue weighted by Crippen LogP contribution is -2.39. The number of unbranched alkanes of at least 4 members (excludes halogenated alkanes) is 3. The van der Waals surface area contributed by atoms with Gasteiger partial charge in [-0.3, -0.25) is 9.59 Å². The highest BCUT2D eigenvalue weighted by Crippen LogP contribution is 2.44. The zero-order valence-corrected chi connectivity index (χ0v) is 18.3. The van der Waals surface area contributed by atoms with E-state index in [1.165, 1.54) is 12.8 Å². The Morgan fingerprint density at radius 1 is 1.10 bits per heavy atom. The summed E-state index contributed by atoms with van der Waals surface area (Å²) in [5, 5.41) is 14.9. The van der Waals surface area contributed by atoms with Gasteiger partial charge >= 0.3 is 5.97 Å². The van der Waals surface area contributed by atoms with E-state index in [-0.39, 0.29) is 31.0 Å². The van der Waals surface area contributed by atoms with Crippen LogP contribution < -0.4 is 10.6 Å². The summed E-state index contributed by atoms with van der Waals surface area (Å²) in [6, 6.07) is 0. The summed E-state index contributed by atoms with van der Waals surface area (Å²) in [6.07, 6.45) is 13.2. The maximum Gasteiger partial charge on any atom is 0.303 e. The topological polar surface area (TPSA) is 87.7 Å². The maximum absolute atomic E-state index is 12.3. The second-order valence-electron chi connectivity index (χ2n) is 8.15. The average Bonchev–Trinajstić information content (AvgIpc) is 3.28. The van der Waals surface area contributed by atoms with Gasteiger partial charge in [-0.25, -0.2) is 0 Å². The molecule has 2 aliphatic heterocycles. The number of nitrogens with one attached hydrogen (secondary N) is 2. The summed E-state index contributed by atoms with van der Waals surface area (Å²) in [5.41, 5.74) is 0. The van der Waals surface area contributed by atoms with E-state index in [1.54, 1.807) is 0 Å². The number of carboxylic acids is 1. The molecule has 0 aromatic heterocycles. The smallest absolute Gasteiger partial charge is 0.303 e. The van der Waals surface area contributed by atoms with Crippen molar-refractivity contribution in [2.45, 2.75) is 83.3 Å². The fraction of sp³-hybridized carbons (Fsp3) is 0.773. The predicted octanol–water partition coefficient (Wildman–Crippen LogP) is 3.59. The SMILES string of the molecule is CCCCCNC(=S)CC(=O)NC[C@H]1[C@@H](C/C=C\CCCC(=O)O)[C@H]2CC[C@@H]1O2. The Morgan fingerprint density at radius 2 is 1.86 bits per heavy atom. The van der Waals surface area contributed by atoms with Crippen LogP contribution in [0, 0.1) is 11.8 Å². The average molecular weight is 425 g/mol. The van der Waals surface area contributed by atoms with Crippen molar-refractivity contribution in [3.05, 3.63) is 12.2 Å². The molecule has 164 valence electrons. The summed E-state index contributed by atoms with van der Waals surface area (Å²) in [5.74, 6) is -0.00794. The molecule has 29 heavy (non-hydrogen) atoms. The highest BCUT2D eigenvalue weighted by atomic mass is 32.1. The van der Waals surface area contributed by atoms with Crippen molar-refractivity contribution in [2.75, 3.05) is 13.1 Å². The quantitative estimate of drug-likeness (QED) is 0.224. The van der Waals surface area contributed by atoms with Crippen molar-refractivity contribution in [3.63, 3.8) is 0 Å². The van der Waals surface area contributed by atoms with Crippen molar-refractivity contribution in [1.29, 1.82) is 0 Å². The Balaban J connectivity index is 1.69. The van der Waals surface area contributed by atoms with Gasteiger partial charge in [0.1, 0.15) is 0 Å². The molecule has 0 aliphatic carbocycles. The van der Waals surface area contributed by atoms with Crippen molar-refractivity contribution in [2.24, 2.45) is 11.8 Å². The zero-order chi connectivity index (χ0) is 21.1. The Labute approximate surface area is 179 Å². The fourth-order valence-electron chi connectivity index (χ4n) is 4.33. The van der Waals surface area contributed by atoms with E-state index in [0.29, 0.717) is 29.8 Å². The first-order chi connectivity index (χ1) is 14.0. The predicted molar refractivity (Wildman–Crippen MR) is 118 cm³/mol. The van der Waals surface area contributed by atoms with Crippen LogP contribution in [0.25, 0.3) is 0 Å². The third-order valence-electron chi connectivity index (χ3n) is 5.89. The van der Waals surface area contributed by atoms with E-state index in [1.807, 2.05) is 0 Å². The van der Waals surface area contributed by atoms with E-state index in [2.05, 4.69) is 29.7 Å². The molecule has 6 nitrogen and oxygen atoms in total. The first-order valence-corrected chi connectivity index (χ1v) is 11.5. The van der Waals surface area contributed by atoms with E-state index in [9.17, 15) is 9.59 Å². The lowest BCUT2D eigenvalue weighted by atomic mass is 9.77. The van der Waals surface area contributed by atoms with Gasteiger partial charge in [-0.05, 0) is 44.4 Å². The van der Waals surface area contributed by atoms with Crippen LogP contribution in [-0.4, -0.2) is 47.3 Å². The second-order valence-corrected chi connectivity index (χ2v) is 8.64. The highest BCUT2D eigenvalue weighted by Gasteiger charge is 2.47. The number of hydrogen-bond donors (Lipinski definition) is 3. The van der Waals surface area contributed by atoms with Gasteiger partial charge in [-0.2, -0.15) is 0 Å². The lowest BCUT2D eigenvalue weighted by Gasteiger charge is -2.27. The number of rotatable bonds is 14. The molecule has 0 aromatic carbocycles. The van der Waals surface area contributed by atoms with Gasteiger partial charge in [0.15, 0.2) is 0 Å². The molecule has 1 amide bonds. The van der Waals surface area contributed by atoms with E-state index in [4.69, 9.17) is 22.1 Å². The van der Waals surface area contributed by atoms with Crippen LogP contribution in [0.4, 0.5) is 0 Å². The molecule has 0 aromatic rings. The molecule has 3 N–H and O–H groups in total. The second kappa shape index (κ2) is 13.0. The Kier molecular flexibility index (Phi) is 10.6. The molecule has 2 rings (SSSR count).